The number of carbonyl (C=O) groups is 2. The van der Waals surface area contributed by atoms with E-state index in [9.17, 15) is 14.7 Å². The Bertz CT molecular complexity index is 426. The van der Waals surface area contributed by atoms with E-state index in [4.69, 9.17) is 4.74 Å². The third-order valence-electron chi connectivity index (χ3n) is 4.76. The van der Waals surface area contributed by atoms with Crippen LogP contribution in [0.4, 0.5) is 0 Å². The second kappa shape index (κ2) is 4.11. The summed E-state index contributed by atoms with van der Waals surface area (Å²) in [6.07, 6.45) is 5.82. The predicted molar refractivity (Wildman–Crippen MR) is 63.7 cm³/mol. The molecule has 3 rings (SSSR count). The van der Waals surface area contributed by atoms with E-state index in [0.29, 0.717) is 0 Å². The van der Waals surface area contributed by atoms with Crippen molar-refractivity contribution in [3.05, 3.63) is 11.6 Å². The van der Waals surface area contributed by atoms with E-state index in [0.717, 1.165) is 25.7 Å². The van der Waals surface area contributed by atoms with Crippen molar-refractivity contribution in [2.75, 3.05) is 0 Å². The first-order valence-corrected chi connectivity index (χ1v) is 6.73. The molecule has 1 aliphatic heterocycles. The number of hydrogen-bond acceptors (Lipinski definition) is 3. The van der Waals surface area contributed by atoms with E-state index in [1.165, 1.54) is 5.57 Å². The molecule has 98 valence electrons. The zero-order valence-electron chi connectivity index (χ0n) is 10.5. The zero-order valence-corrected chi connectivity index (χ0v) is 10.5. The minimum absolute atomic E-state index is 0.120. The van der Waals surface area contributed by atoms with Gasteiger partial charge in [-0.2, -0.15) is 0 Å². The molecule has 0 aromatic rings. The maximum Gasteiger partial charge on any atom is 0.313 e. The summed E-state index contributed by atoms with van der Waals surface area (Å²) < 4.78 is 5.25. The van der Waals surface area contributed by atoms with Gasteiger partial charge in [0.15, 0.2) is 0 Å². The monoisotopic (exact) mass is 250 g/mol. The van der Waals surface area contributed by atoms with Crippen LogP contribution < -0.4 is 0 Å². The summed E-state index contributed by atoms with van der Waals surface area (Å²) in [5.41, 5.74) is 1.18. The Labute approximate surface area is 106 Å². The Kier molecular flexibility index (Phi) is 2.68. The number of rotatable bonds is 1. The molecule has 4 heteroatoms. The molecule has 1 saturated heterocycles. The lowest BCUT2D eigenvalue weighted by molar-refractivity contribution is -0.147. The fourth-order valence-electron chi connectivity index (χ4n) is 4.00. The highest BCUT2D eigenvalue weighted by Gasteiger charge is 2.53. The van der Waals surface area contributed by atoms with Gasteiger partial charge in [-0.25, -0.2) is 0 Å². The summed E-state index contributed by atoms with van der Waals surface area (Å²) in [6.45, 7) is 1.82. The van der Waals surface area contributed by atoms with Gasteiger partial charge in [-0.3, -0.25) is 9.59 Å². The molecule has 0 bridgehead atoms. The Morgan fingerprint density at radius 1 is 1.44 bits per heavy atom. The van der Waals surface area contributed by atoms with E-state index in [-0.39, 0.29) is 29.8 Å². The van der Waals surface area contributed by atoms with Crippen molar-refractivity contribution in [1.29, 1.82) is 0 Å². The maximum atomic E-state index is 11.8. The molecule has 0 unspecified atom stereocenters. The summed E-state index contributed by atoms with van der Waals surface area (Å²) >= 11 is 0. The number of carboxylic acids is 1. The maximum absolute atomic E-state index is 11.8. The number of hydrogen-bond donors (Lipinski definition) is 1. The summed E-state index contributed by atoms with van der Waals surface area (Å²) in [6, 6.07) is 0. The van der Waals surface area contributed by atoms with Crippen molar-refractivity contribution in [3.63, 3.8) is 0 Å². The lowest BCUT2D eigenvalue weighted by Crippen LogP contribution is -2.42. The number of ether oxygens (including phenoxy) is 1. The van der Waals surface area contributed by atoms with Crippen LogP contribution in [0.3, 0.4) is 0 Å². The van der Waals surface area contributed by atoms with Crippen LogP contribution in [-0.4, -0.2) is 23.1 Å². The molecule has 4 nitrogen and oxygen atoms in total. The molecule has 3 aliphatic rings. The lowest BCUT2D eigenvalue weighted by Gasteiger charge is -2.39. The number of cyclic esters (lactones) is 1. The SMILES string of the molecule is C[C@H]1OC(=O)[C@@H]2C=C3CCCC[C@H]3[C@H](C(=O)O)[C@H]12. The third kappa shape index (κ3) is 1.58. The largest absolute Gasteiger partial charge is 0.481 e. The van der Waals surface area contributed by atoms with Gasteiger partial charge in [-0.15, -0.1) is 0 Å². The fraction of sp³-hybridized carbons (Fsp3) is 0.714. The minimum atomic E-state index is -0.771. The minimum Gasteiger partial charge on any atom is -0.481 e. The molecule has 1 heterocycles. The number of esters is 1. The van der Waals surface area contributed by atoms with Gasteiger partial charge in [0.05, 0.1) is 11.8 Å². The summed E-state index contributed by atoms with van der Waals surface area (Å²) in [4.78, 5) is 23.4. The van der Waals surface area contributed by atoms with Gasteiger partial charge in [0.2, 0.25) is 0 Å². The van der Waals surface area contributed by atoms with Crippen molar-refractivity contribution in [2.45, 2.75) is 38.7 Å². The topological polar surface area (TPSA) is 63.6 Å². The molecule has 2 fully saturated rings. The Morgan fingerprint density at radius 2 is 2.22 bits per heavy atom. The van der Waals surface area contributed by atoms with Crippen LogP contribution in [0.2, 0.25) is 0 Å². The van der Waals surface area contributed by atoms with E-state index < -0.39 is 11.9 Å². The molecule has 18 heavy (non-hydrogen) atoms. The Morgan fingerprint density at radius 3 is 2.94 bits per heavy atom. The number of allylic oxidation sites excluding steroid dienone is 1. The molecule has 5 atom stereocenters. The van der Waals surface area contributed by atoms with E-state index >= 15 is 0 Å². The van der Waals surface area contributed by atoms with Gasteiger partial charge >= 0.3 is 11.9 Å². The molecule has 2 aliphatic carbocycles. The van der Waals surface area contributed by atoms with Crippen molar-refractivity contribution in [1.82, 2.24) is 0 Å². The fourth-order valence-corrected chi connectivity index (χ4v) is 4.00. The first-order valence-electron chi connectivity index (χ1n) is 6.73. The summed E-state index contributed by atoms with van der Waals surface area (Å²) in [5.74, 6) is -1.85. The first-order chi connectivity index (χ1) is 8.59. The number of carbonyl (C=O) groups excluding carboxylic acids is 1. The van der Waals surface area contributed by atoms with Crippen molar-refractivity contribution < 1.29 is 19.4 Å². The van der Waals surface area contributed by atoms with Crippen molar-refractivity contribution >= 4 is 11.9 Å². The quantitative estimate of drug-likeness (QED) is 0.571. The van der Waals surface area contributed by atoms with Crippen LogP contribution in [0.25, 0.3) is 0 Å². The Hall–Kier alpha value is -1.32. The van der Waals surface area contributed by atoms with Gasteiger partial charge < -0.3 is 9.84 Å². The summed E-state index contributed by atoms with van der Waals surface area (Å²) in [5, 5.41) is 9.53. The van der Waals surface area contributed by atoms with Crippen LogP contribution in [-0.2, 0) is 14.3 Å². The highest BCUT2D eigenvalue weighted by Crippen LogP contribution is 2.49. The van der Waals surface area contributed by atoms with E-state index in [1.54, 1.807) is 0 Å². The van der Waals surface area contributed by atoms with Crippen LogP contribution >= 0.6 is 0 Å². The Balaban J connectivity index is 2.03. The molecule has 0 radical (unpaired) electrons. The predicted octanol–water partition coefficient (Wildman–Crippen LogP) is 2.00. The van der Waals surface area contributed by atoms with Gasteiger partial charge in [0.1, 0.15) is 6.10 Å². The molecular formula is C14H18O4. The lowest BCUT2D eigenvalue weighted by atomic mass is 9.62. The number of carboxylic acid groups (broad SMARTS) is 1. The first kappa shape index (κ1) is 11.8. The van der Waals surface area contributed by atoms with E-state index in [2.05, 4.69) is 0 Å². The van der Waals surface area contributed by atoms with Gasteiger partial charge in [0.25, 0.3) is 0 Å². The second-order valence-corrected chi connectivity index (χ2v) is 5.70. The van der Waals surface area contributed by atoms with Crippen LogP contribution in [0, 0.1) is 23.7 Å². The van der Waals surface area contributed by atoms with E-state index in [1.807, 2.05) is 13.0 Å². The molecule has 0 aromatic heterocycles. The molecule has 1 N–H and O–H groups in total. The normalized spacial score (nSPS) is 42.6. The van der Waals surface area contributed by atoms with Crippen LogP contribution in [0.1, 0.15) is 32.6 Å². The van der Waals surface area contributed by atoms with Crippen LogP contribution in [0.15, 0.2) is 11.6 Å². The molecule has 0 aromatic carbocycles. The molecular weight excluding hydrogens is 232 g/mol. The van der Waals surface area contributed by atoms with Gasteiger partial charge in [-0.1, -0.05) is 18.1 Å². The molecule has 0 amide bonds. The van der Waals surface area contributed by atoms with Crippen molar-refractivity contribution in [3.8, 4) is 0 Å². The van der Waals surface area contributed by atoms with Crippen LogP contribution in [0.5, 0.6) is 0 Å². The third-order valence-corrected chi connectivity index (χ3v) is 4.76. The smallest absolute Gasteiger partial charge is 0.313 e. The molecule has 1 saturated carbocycles. The number of aliphatic carboxylic acids is 1. The second-order valence-electron chi connectivity index (χ2n) is 5.70. The van der Waals surface area contributed by atoms with Gasteiger partial charge in [0, 0.05) is 5.92 Å². The number of fused-ring (bicyclic) bond motifs is 2. The molecule has 0 spiro atoms. The highest BCUT2D eigenvalue weighted by atomic mass is 16.6. The highest BCUT2D eigenvalue weighted by molar-refractivity contribution is 5.81. The standard InChI is InChI=1S/C14H18O4/c1-7-11-10(14(17)18-7)6-8-4-2-3-5-9(8)12(11)13(15)16/h6-7,9-12H,2-5H2,1H3,(H,15,16)/t7-,9-,10-,11-,12+/m1/s1. The zero-order chi connectivity index (χ0) is 12.9. The van der Waals surface area contributed by atoms with Crippen molar-refractivity contribution in [2.24, 2.45) is 23.7 Å². The average molecular weight is 250 g/mol. The summed E-state index contributed by atoms with van der Waals surface area (Å²) in [7, 11) is 0. The van der Waals surface area contributed by atoms with Gasteiger partial charge in [-0.05, 0) is 32.1 Å². The average Bonchev–Trinajstić information content (AvgIpc) is 2.62.